The van der Waals surface area contributed by atoms with E-state index in [0.29, 0.717) is 0 Å². The first-order valence-corrected chi connectivity index (χ1v) is 5.74. The van der Waals surface area contributed by atoms with Gasteiger partial charge in [-0.25, -0.2) is 0 Å². The molecular formula is C15H17N. The van der Waals surface area contributed by atoms with Gasteiger partial charge in [0.15, 0.2) is 0 Å². The molecule has 82 valence electrons. The fourth-order valence-corrected chi connectivity index (χ4v) is 1.87. The highest BCUT2D eigenvalue weighted by molar-refractivity contribution is 5.67. The number of rotatable bonds is 3. The first kappa shape index (κ1) is 10.7. The van der Waals surface area contributed by atoms with Crippen LogP contribution in [0.5, 0.6) is 0 Å². The summed E-state index contributed by atoms with van der Waals surface area (Å²) in [6, 6.07) is 16.7. The molecule has 0 aromatic heterocycles. The predicted octanol–water partition coefficient (Wildman–Crippen LogP) is 3.89. The molecule has 2 rings (SSSR count). The number of anilines is 1. The summed E-state index contributed by atoms with van der Waals surface area (Å²) in [4.78, 5) is 0. The summed E-state index contributed by atoms with van der Waals surface area (Å²) in [6.07, 6.45) is 2.34. The number of nitrogens with two attached hydrogens (primary N) is 1. The number of benzene rings is 2. The molecule has 0 spiro atoms. The Morgan fingerprint density at radius 2 is 1.69 bits per heavy atom. The van der Waals surface area contributed by atoms with Gasteiger partial charge in [-0.15, -0.1) is 0 Å². The highest BCUT2D eigenvalue weighted by atomic mass is 14.5. The fourth-order valence-electron chi connectivity index (χ4n) is 1.87. The van der Waals surface area contributed by atoms with Crippen molar-refractivity contribution >= 4 is 5.69 Å². The smallest absolute Gasteiger partial charge is 0.0320 e. The first-order chi connectivity index (χ1) is 7.79. The van der Waals surface area contributed by atoms with Crippen LogP contribution in [0.15, 0.2) is 48.5 Å². The van der Waals surface area contributed by atoms with Crippen molar-refractivity contribution in [2.75, 3.05) is 5.73 Å². The summed E-state index contributed by atoms with van der Waals surface area (Å²) in [5, 5.41) is 0. The molecule has 0 radical (unpaired) electrons. The molecule has 2 aromatic carbocycles. The summed E-state index contributed by atoms with van der Waals surface area (Å²) < 4.78 is 0. The van der Waals surface area contributed by atoms with Crippen molar-refractivity contribution in [3.8, 4) is 11.1 Å². The summed E-state index contributed by atoms with van der Waals surface area (Å²) in [7, 11) is 0. The third-order valence-electron chi connectivity index (χ3n) is 2.71. The second-order valence-corrected chi connectivity index (χ2v) is 4.07. The van der Waals surface area contributed by atoms with Crippen molar-refractivity contribution in [3.63, 3.8) is 0 Å². The lowest BCUT2D eigenvalue weighted by atomic mass is 10.0. The van der Waals surface area contributed by atoms with Gasteiger partial charge in [-0.2, -0.15) is 0 Å². The molecule has 0 saturated carbocycles. The maximum absolute atomic E-state index is 5.77. The molecule has 0 atom stereocenters. The summed E-state index contributed by atoms with van der Waals surface area (Å²) in [6.45, 7) is 2.20. The SMILES string of the molecule is CCCc1ccc(-c2cccc(N)c2)cc1. The van der Waals surface area contributed by atoms with E-state index in [0.717, 1.165) is 12.1 Å². The molecule has 1 nitrogen and oxygen atoms in total. The molecule has 1 heteroatoms. The van der Waals surface area contributed by atoms with Crippen molar-refractivity contribution in [3.05, 3.63) is 54.1 Å². The zero-order chi connectivity index (χ0) is 11.4. The lowest BCUT2D eigenvalue weighted by Crippen LogP contribution is -1.86. The highest BCUT2D eigenvalue weighted by Crippen LogP contribution is 2.22. The molecule has 16 heavy (non-hydrogen) atoms. The molecule has 0 bridgehead atoms. The molecule has 0 saturated heterocycles. The van der Waals surface area contributed by atoms with Gasteiger partial charge >= 0.3 is 0 Å². The summed E-state index contributed by atoms with van der Waals surface area (Å²) >= 11 is 0. The average Bonchev–Trinajstić information content (AvgIpc) is 2.30. The van der Waals surface area contributed by atoms with Gasteiger partial charge in [-0.05, 0) is 35.2 Å². The van der Waals surface area contributed by atoms with Gasteiger partial charge in [0.1, 0.15) is 0 Å². The van der Waals surface area contributed by atoms with E-state index in [1.165, 1.54) is 23.1 Å². The second-order valence-electron chi connectivity index (χ2n) is 4.07. The first-order valence-electron chi connectivity index (χ1n) is 5.74. The van der Waals surface area contributed by atoms with Gasteiger partial charge in [0.2, 0.25) is 0 Å². The van der Waals surface area contributed by atoms with Gasteiger partial charge in [0.25, 0.3) is 0 Å². The average molecular weight is 211 g/mol. The third kappa shape index (κ3) is 2.43. The largest absolute Gasteiger partial charge is 0.399 e. The Labute approximate surface area is 96.9 Å². The third-order valence-corrected chi connectivity index (χ3v) is 2.71. The standard InChI is InChI=1S/C15H17N/c1-2-4-12-7-9-13(10-8-12)14-5-3-6-15(16)11-14/h3,5-11H,2,4,16H2,1H3. The van der Waals surface area contributed by atoms with Crippen LogP contribution in [0.25, 0.3) is 11.1 Å². The van der Waals surface area contributed by atoms with Gasteiger partial charge < -0.3 is 5.73 Å². The molecule has 0 fully saturated rings. The van der Waals surface area contributed by atoms with E-state index >= 15 is 0 Å². The van der Waals surface area contributed by atoms with Crippen LogP contribution < -0.4 is 5.73 Å². The highest BCUT2D eigenvalue weighted by Gasteiger charge is 1.98. The van der Waals surface area contributed by atoms with E-state index in [1.54, 1.807) is 0 Å². The monoisotopic (exact) mass is 211 g/mol. The van der Waals surface area contributed by atoms with E-state index in [1.807, 2.05) is 18.2 Å². The zero-order valence-corrected chi connectivity index (χ0v) is 9.61. The minimum Gasteiger partial charge on any atom is -0.399 e. The predicted molar refractivity (Wildman–Crippen MR) is 70.3 cm³/mol. The fraction of sp³-hybridized carbons (Fsp3) is 0.200. The quantitative estimate of drug-likeness (QED) is 0.766. The van der Waals surface area contributed by atoms with Crippen LogP contribution in [0.2, 0.25) is 0 Å². The molecular weight excluding hydrogens is 194 g/mol. The van der Waals surface area contributed by atoms with Crippen molar-refractivity contribution in [1.29, 1.82) is 0 Å². The summed E-state index contributed by atoms with van der Waals surface area (Å²) in [5.41, 5.74) is 10.4. The van der Waals surface area contributed by atoms with E-state index in [4.69, 9.17) is 5.73 Å². The lowest BCUT2D eigenvalue weighted by Gasteiger charge is -2.04. The molecule has 0 amide bonds. The molecule has 0 heterocycles. The van der Waals surface area contributed by atoms with Crippen LogP contribution >= 0.6 is 0 Å². The molecule has 0 aliphatic rings. The maximum Gasteiger partial charge on any atom is 0.0320 e. The number of hydrogen-bond acceptors (Lipinski definition) is 1. The molecule has 0 aliphatic carbocycles. The molecule has 2 aromatic rings. The number of hydrogen-bond donors (Lipinski definition) is 1. The topological polar surface area (TPSA) is 26.0 Å². The van der Waals surface area contributed by atoms with Crippen LogP contribution in [0, 0.1) is 0 Å². The molecule has 0 aliphatic heterocycles. The normalized spacial score (nSPS) is 10.3. The second kappa shape index (κ2) is 4.84. The van der Waals surface area contributed by atoms with Crippen LogP contribution in [-0.2, 0) is 6.42 Å². The lowest BCUT2D eigenvalue weighted by molar-refractivity contribution is 0.922. The number of aryl methyl sites for hydroxylation is 1. The van der Waals surface area contributed by atoms with Crippen LogP contribution in [-0.4, -0.2) is 0 Å². The Bertz CT molecular complexity index is 457. The Balaban J connectivity index is 2.27. The van der Waals surface area contributed by atoms with Crippen LogP contribution in [0.3, 0.4) is 0 Å². The Morgan fingerprint density at radius 1 is 0.938 bits per heavy atom. The van der Waals surface area contributed by atoms with Gasteiger partial charge in [0, 0.05) is 5.69 Å². The maximum atomic E-state index is 5.77. The zero-order valence-electron chi connectivity index (χ0n) is 9.61. The van der Waals surface area contributed by atoms with Crippen molar-refractivity contribution in [2.24, 2.45) is 0 Å². The minimum absolute atomic E-state index is 0.815. The van der Waals surface area contributed by atoms with E-state index in [2.05, 4.69) is 37.3 Å². The Kier molecular flexibility index (Phi) is 3.25. The van der Waals surface area contributed by atoms with Crippen molar-refractivity contribution in [2.45, 2.75) is 19.8 Å². The van der Waals surface area contributed by atoms with E-state index in [-0.39, 0.29) is 0 Å². The Hall–Kier alpha value is -1.76. The molecule has 2 N–H and O–H groups in total. The summed E-state index contributed by atoms with van der Waals surface area (Å²) in [5.74, 6) is 0. The minimum atomic E-state index is 0.815. The van der Waals surface area contributed by atoms with Gasteiger partial charge in [-0.3, -0.25) is 0 Å². The van der Waals surface area contributed by atoms with Gasteiger partial charge in [-0.1, -0.05) is 49.7 Å². The van der Waals surface area contributed by atoms with E-state index in [9.17, 15) is 0 Å². The number of nitrogen functional groups attached to an aromatic ring is 1. The van der Waals surface area contributed by atoms with Crippen molar-refractivity contribution < 1.29 is 0 Å². The van der Waals surface area contributed by atoms with Crippen LogP contribution in [0.1, 0.15) is 18.9 Å². The van der Waals surface area contributed by atoms with E-state index < -0.39 is 0 Å². The Morgan fingerprint density at radius 3 is 2.31 bits per heavy atom. The van der Waals surface area contributed by atoms with Gasteiger partial charge in [0.05, 0.1) is 0 Å². The van der Waals surface area contributed by atoms with Crippen molar-refractivity contribution in [1.82, 2.24) is 0 Å². The molecule has 0 unspecified atom stereocenters. The van der Waals surface area contributed by atoms with Crippen LogP contribution in [0.4, 0.5) is 5.69 Å².